The van der Waals surface area contributed by atoms with E-state index in [9.17, 15) is 0 Å². The van der Waals surface area contributed by atoms with E-state index < -0.39 is 0 Å². The molecule has 0 fully saturated rings. The van der Waals surface area contributed by atoms with E-state index in [-0.39, 0.29) is 7.43 Å². The highest BCUT2D eigenvalue weighted by Crippen LogP contribution is 2.43. The van der Waals surface area contributed by atoms with Crippen molar-refractivity contribution < 1.29 is 4.74 Å². The van der Waals surface area contributed by atoms with E-state index in [4.69, 9.17) is 42.8 Å². The highest BCUT2D eigenvalue weighted by molar-refractivity contribution is 14.1. The predicted molar refractivity (Wildman–Crippen MR) is 427 cm³/mol. The lowest BCUT2D eigenvalue weighted by Crippen LogP contribution is -1.95. The smallest absolute Gasteiger partial charge is 0.147 e. The van der Waals surface area contributed by atoms with E-state index in [1.54, 1.807) is 25.4 Å². The summed E-state index contributed by atoms with van der Waals surface area (Å²) >= 11 is 7.72. The number of nitrogens with one attached hydrogen (secondary N) is 1. The molecule has 5 N–H and O–H groups in total. The summed E-state index contributed by atoms with van der Waals surface area (Å²) < 4.78 is 15.8. The van der Waals surface area contributed by atoms with Crippen LogP contribution in [0.25, 0.3) is 143 Å². The van der Waals surface area contributed by atoms with E-state index in [2.05, 4.69) is 275 Å². The van der Waals surface area contributed by atoms with Crippen molar-refractivity contribution in [3.05, 3.63) is 331 Å². The molecular formula is C86H65ClIN11O. The van der Waals surface area contributed by atoms with Gasteiger partial charge in [-0.05, 0) is 168 Å². The largest absolute Gasteiger partial charge is 0.496 e. The maximum Gasteiger partial charge on any atom is 0.147 e. The van der Waals surface area contributed by atoms with Crippen LogP contribution in [0.4, 0.5) is 11.4 Å². The maximum absolute atomic E-state index is 5.59. The third-order valence-corrected chi connectivity index (χ3v) is 19.4. The van der Waals surface area contributed by atoms with Gasteiger partial charge in [0.1, 0.15) is 22.4 Å². The van der Waals surface area contributed by atoms with Crippen molar-refractivity contribution in [1.29, 1.82) is 0 Å². The van der Waals surface area contributed by atoms with Gasteiger partial charge in [0.15, 0.2) is 0 Å². The van der Waals surface area contributed by atoms with Gasteiger partial charge in [-0.1, -0.05) is 183 Å². The summed E-state index contributed by atoms with van der Waals surface area (Å²) in [4.78, 5) is 22.2. The Morgan fingerprint density at radius 3 is 1.40 bits per heavy atom. The molecule has 0 aliphatic heterocycles. The minimum atomic E-state index is 0. The standard InChI is InChI=1S/C30H18N4.C25H17N3.C19H15NO.C6H8N2.C5H3ClIN.CH4/c1-2-9-19(10-3-1)33-23-13-6-4-11-20(23)27-25(33)17-16-21-28(27)30-32-22-12-5-7-14-24(22)34(30)26-15-8-18-31-29(21)26;1-2-9-17(10-3-1)28-22-15-7-4-11-18(22)24-19(12-8-16-23(24)28)25-26-20-13-5-6-14-21(20)27-25;1-21-18-13-7-12-17-19(18)15-10-5-6-11-16(15)20(17)14-8-3-2-4-9-14;7-5-3-1-2-4-6(5)8;6-5-4(7)2-1-3-8-5;/h1-18H;1-16H,(H,26,27);2-13H,1H3;1-4H,7-8H2;1-3H;1H4. The molecule has 14 heteroatoms. The van der Waals surface area contributed by atoms with E-state index in [1.165, 1.54) is 65.4 Å². The zero-order valence-electron chi connectivity index (χ0n) is 53.5. The number of ether oxygens (including phenoxy) is 1. The van der Waals surface area contributed by atoms with Gasteiger partial charge in [-0.25, -0.2) is 15.0 Å². The summed E-state index contributed by atoms with van der Waals surface area (Å²) in [6, 6.07) is 106. The molecule has 20 aromatic rings. The first-order valence-electron chi connectivity index (χ1n) is 32.4. The van der Waals surface area contributed by atoms with Gasteiger partial charge < -0.3 is 34.9 Å². The summed E-state index contributed by atoms with van der Waals surface area (Å²) in [5, 5.41) is 10.1. The number of rotatable bonds is 5. The molecule has 0 spiro atoms. The monoisotopic (exact) mass is 1430 g/mol. The van der Waals surface area contributed by atoms with Gasteiger partial charge >= 0.3 is 0 Å². The van der Waals surface area contributed by atoms with Crippen LogP contribution in [0.2, 0.25) is 5.15 Å². The molecule has 0 saturated heterocycles. The Balaban J connectivity index is 0.000000111. The summed E-state index contributed by atoms with van der Waals surface area (Å²) in [6.07, 6.45) is 3.55. The fraction of sp³-hybridized carbons (Fsp3) is 0.0233. The average molecular weight is 1430 g/mol. The second kappa shape index (κ2) is 27.7. The summed E-state index contributed by atoms with van der Waals surface area (Å²) in [5.74, 6) is 1.82. The number of hydrogen-bond donors (Lipinski definition) is 3. The van der Waals surface area contributed by atoms with Crippen molar-refractivity contribution >= 4 is 161 Å². The van der Waals surface area contributed by atoms with Crippen LogP contribution in [-0.4, -0.2) is 50.1 Å². The lowest BCUT2D eigenvalue weighted by molar-refractivity contribution is 0.420. The topological polar surface area (TPSA) is 148 Å². The van der Waals surface area contributed by atoms with Gasteiger partial charge in [0.05, 0.1) is 88.3 Å². The van der Waals surface area contributed by atoms with Crippen LogP contribution in [0, 0.1) is 3.57 Å². The SMILES string of the molecule is C.COc1cccc2c1c1ccccc1n2-c1ccccc1.Clc1ncccc1I.Nc1ccccc1N.c1ccc(-n2c3ccccc3c3c(-c4nc5ccccc5[nH]4)cccc32)cc1.c1ccc(-n2c3ccccc3c3c4c(ccc32)c2ncccc2n2c3ccccc3nc42)cc1. The lowest BCUT2D eigenvalue weighted by Gasteiger charge is -2.11. The van der Waals surface area contributed by atoms with Gasteiger partial charge in [-0.3, -0.25) is 9.38 Å². The van der Waals surface area contributed by atoms with E-state index >= 15 is 0 Å². The number of hydrogen-bond acceptors (Lipinski definition) is 7. The number of benzene rings is 12. The van der Waals surface area contributed by atoms with Gasteiger partial charge in [-0.15, -0.1) is 0 Å². The molecule has 100 heavy (non-hydrogen) atoms. The molecule has 20 rings (SSSR count). The Labute approximate surface area is 594 Å². The second-order valence-corrected chi connectivity index (χ2v) is 25.2. The van der Waals surface area contributed by atoms with Gasteiger partial charge in [0, 0.05) is 78.1 Å². The van der Waals surface area contributed by atoms with Crippen LogP contribution < -0.4 is 16.2 Å². The number of para-hydroxylation sites is 12. The second-order valence-electron chi connectivity index (χ2n) is 23.6. The van der Waals surface area contributed by atoms with Crippen LogP contribution >= 0.6 is 34.2 Å². The number of imidazole rings is 2. The van der Waals surface area contributed by atoms with Crippen molar-refractivity contribution in [3.8, 4) is 34.2 Å². The molecule has 12 aromatic carbocycles. The molecule has 0 bridgehead atoms. The number of nitrogens with two attached hydrogens (primary N) is 2. The Kier molecular flexibility index (Phi) is 17.6. The number of fused-ring (bicyclic) bond motifs is 19. The summed E-state index contributed by atoms with van der Waals surface area (Å²) in [7, 11) is 1.73. The van der Waals surface area contributed by atoms with Gasteiger partial charge in [0.2, 0.25) is 0 Å². The van der Waals surface area contributed by atoms with Crippen LogP contribution in [0.15, 0.2) is 322 Å². The number of H-pyrrole nitrogens is 1. The lowest BCUT2D eigenvalue weighted by atomic mass is 10.0. The Morgan fingerprint density at radius 2 is 0.840 bits per heavy atom. The molecular weight excluding hydrogens is 1370 g/mol. The van der Waals surface area contributed by atoms with Crippen molar-refractivity contribution in [3.63, 3.8) is 0 Å². The molecule has 12 nitrogen and oxygen atoms in total. The van der Waals surface area contributed by atoms with Gasteiger partial charge in [-0.2, -0.15) is 0 Å². The normalized spacial score (nSPS) is 11.2. The molecule has 0 unspecified atom stereocenters. The summed E-state index contributed by atoms with van der Waals surface area (Å²) in [6.45, 7) is 0. The van der Waals surface area contributed by atoms with Crippen LogP contribution in [0.1, 0.15) is 7.43 Å². The van der Waals surface area contributed by atoms with Gasteiger partial charge in [0.25, 0.3) is 0 Å². The number of methoxy groups -OCH3 is 1. The van der Waals surface area contributed by atoms with E-state index in [1.807, 2.05) is 79.0 Å². The van der Waals surface area contributed by atoms with Crippen LogP contribution in [0.3, 0.4) is 0 Å². The number of aromatic nitrogens is 9. The Morgan fingerprint density at radius 1 is 0.380 bits per heavy atom. The van der Waals surface area contributed by atoms with Crippen LogP contribution in [-0.2, 0) is 0 Å². The number of halogens is 2. The van der Waals surface area contributed by atoms with E-state index in [0.717, 1.165) is 87.3 Å². The van der Waals surface area contributed by atoms with Crippen molar-refractivity contribution in [2.45, 2.75) is 7.43 Å². The molecule has 484 valence electrons. The fourth-order valence-corrected chi connectivity index (χ4v) is 14.1. The number of nitrogen functional groups attached to an aromatic ring is 2. The van der Waals surface area contributed by atoms with Crippen molar-refractivity contribution in [2.75, 3.05) is 18.6 Å². The molecule has 0 saturated carbocycles. The predicted octanol–water partition coefficient (Wildman–Crippen LogP) is 22.2. The molecule has 0 amide bonds. The fourth-order valence-electron chi connectivity index (χ4n) is 13.6. The zero-order chi connectivity index (χ0) is 66.9. The molecule has 0 aliphatic carbocycles. The first kappa shape index (κ1) is 63.7. The quantitative estimate of drug-likeness (QED) is 0.0673. The number of nitrogens with zero attached hydrogens (tertiary/aromatic N) is 8. The Hall–Kier alpha value is -12.3. The minimum Gasteiger partial charge on any atom is -0.496 e. The third-order valence-electron chi connectivity index (χ3n) is 17.9. The molecule has 8 heterocycles. The molecule has 0 atom stereocenters. The van der Waals surface area contributed by atoms with E-state index in [0.29, 0.717) is 16.5 Å². The molecule has 8 aromatic heterocycles. The maximum atomic E-state index is 5.59. The number of anilines is 2. The first-order chi connectivity index (χ1) is 48.8. The highest BCUT2D eigenvalue weighted by atomic mass is 127. The highest BCUT2D eigenvalue weighted by Gasteiger charge is 2.22. The zero-order valence-corrected chi connectivity index (χ0v) is 56.4. The molecule has 0 aliphatic rings. The number of pyridine rings is 3. The summed E-state index contributed by atoms with van der Waals surface area (Å²) in [5.41, 5.74) is 31.0. The third kappa shape index (κ3) is 11.6. The van der Waals surface area contributed by atoms with Crippen LogP contribution in [0.5, 0.6) is 5.75 Å². The minimum absolute atomic E-state index is 0. The van der Waals surface area contributed by atoms with Crippen molar-refractivity contribution in [1.82, 2.24) is 43.0 Å². The Bertz CT molecular complexity index is 6240. The molecule has 0 radical (unpaired) electrons. The average Bonchev–Trinajstić information content (AvgIpc) is 1.52. The number of aromatic amines is 1. The van der Waals surface area contributed by atoms with Crippen molar-refractivity contribution in [2.24, 2.45) is 0 Å². The first-order valence-corrected chi connectivity index (χ1v) is 33.8.